The van der Waals surface area contributed by atoms with Gasteiger partial charge in [0.05, 0.1) is 23.2 Å². The van der Waals surface area contributed by atoms with E-state index in [1.54, 1.807) is 0 Å². The van der Waals surface area contributed by atoms with E-state index in [1.165, 1.54) is 12.1 Å². The lowest BCUT2D eigenvalue weighted by molar-refractivity contribution is 0.0696. The predicted octanol–water partition coefficient (Wildman–Crippen LogP) is 3.97. The highest BCUT2D eigenvalue weighted by atomic mass is 79.9. The number of hydrogen-bond acceptors (Lipinski definition) is 3. The van der Waals surface area contributed by atoms with Crippen molar-refractivity contribution in [1.29, 1.82) is 0 Å². The Bertz CT molecular complexity index is 443. The van der Waals surface area contributed by atoms with Crippen LogP contribution in [0.15, 0.2) is 16.6 Å². The molecule has 0 unspecified atom stereocenters. The fourth-order valence-electron chi connectivity index (χ4n) is 1.49. The van der Waals surface area contributed by atoms with Crippen LogP contribution in [0.5, 0.6) is 11.5 Å². The zero-order chi connectivity index (χ0) is 14.4. The van der Waals surface area contributed by atoms with Gasteiger partial charge in [0.1, 0.15) is 0 Å². The van der Waals surface area contributed by atoms with Gasteiger partial charge in [0.25, 0.3) is 0 Å². The molecule has 5 heteroatoms. The second-order valence-electron chi connectivity index (χ2n) is 4.55. The Morgan fingerprint density at radius 2 is 2.05 bits per heavy atom. The summed E-state index contributed by atoms with van der Waals surface area (Å²) in [7, 11) is 0. The molecule has 0 atom stereocenters. The molecule has 0 heterocycles. The summed E-state index contributed by atoms with van der Waals surface area (Å²) < 4.78 is 11.7. The van der Waals surface area contributed by atoms with Crippen molar-refractivity contribution in [3.63, 3.8) is 0 Å². The Morgan fingerprint density at radius 1 is 1.37 bits per heavy atom. The average molecular weight is 331 g/mol. The maximum Gasteiger partial charge on any atom is 0.335 e. The molecule has 1 aromatic rings. The van der Waals surface area contributed by atoms with Gasteiger partial charge in [0, 0.05) is 0 Å². The van der Waals surface area contributed by atoms with Crippen LogP contribution in [0.4, 0.5) is 0 Å². The lowest BCUT2D eigenvalue weighted by Gasteiger charge is -2.15. The molecule has 0 aliphatic heterocycles. The second kappa shape index (κ2) is 7.38. The Kier molecular flexibility index (Phi) is 6.15. The lowest BCUT2D eigenvalue weighted by atomic mass is 10.1. The number of benzene rings is 1. The van der Waals surface area contributed by atoms with Crippen molar-refractivity contribution in [2.45, 2.75) is 27.2 Å². The molecule has 1 N–H and O–H groups in total. The van der Waals surface area contributed by atoms with Gasteiger partial charge in [-0.1, -0.05) is 13.8 Å². The third-order valence-corrected chi connectivity index (χ3v) is 3.09. The number of rotatable bonds is 7. The van der Waals surface area contributed by atoms with Crippen LogP contribution < -0.4 is 9.47 Å². The summed E-state index contributed by atoms with van der Waals surface area (Å²) in [5, 5.41) is 9.02. The van der Waals surface area contributed by atoms with Gasteiger partial charge in [-0.2, -0.15) is 0 Å². The number of ether oxygens (including phenoxy) is 2. The second-order valence-corrected chi connectivity index (χ2v) is 5.41. The molecule has 0 saturated heterocycles. The van der Waals surface area contributed by atoms with Gasteiger partial charge in [-0.15, -0.1) is 0 Å². The number of aromatic carboxylic acids is 1. The predicted molar refractivity (Wildman–Crippen MR) is 77.2 cm³/mol. The molecule has 4 nitrogen and oxygen atoms in total. The molecule has 0 amide bonds. The molecular weight excluding hydrogens is 312 g/mol. The van der Waals surface area contributed by atoms with Crippen LogP contribution in [0.25, 0.3) is 0 Å². The van der Waals surface area contributed by atoms with E-state index >= 15 is 0 Å². The molecule has 19 heavy (non-hydrogen) atoms. The number of carboxylic acid groups (broad SMARTS) is 1. The standard InChI is InChI=1S/C14H19BrO4/c1-4-18-12-8-10(14(16)17)7-11(15)13(12)19-6-5-9(2)3/h7-9H,4-6H2,1-3H3,(H,16,17). The Morgan fingerprint density at radius 3 is 2.58 bits per heavy atom. The first-order valence-electron chi connectivity index (χ1n) is 6.28. The summed E-state index contributed by atoms with van der Waals surface area (Å²) in [6, 6.07) is 3.01. The van der Waals surface area contributed by atoms with Crippen molar-refractivity contribution in [1.82, 2.24) is 0 Å². The van der Waals surface area contributed by atoms with Crippen molar-refractivity contribution >= 4 is 21.9 Å². The summed E-state index contributed by atoms with van der Waals surface area (Å²) in [6.07, 6.45) is 0.929. The van der Waals surface area contributed by atoms with E-state index in [0.29, 0.717) is 35.1 Å². The summed E-state index contributed by atoms with van der Waals surface area (Å²) >= 11 is 3.34. The molecule has 0 spiro atoms. The minimum Gasteiger partial charge on any atom is -0.490 e. The number of hydrogen-bond donors (Lipinski definition) is 1. The van der Waals surface area contributed by atoms with Crippen LogP contribution in [-0.4, -0.2) is 24.3 Å². The highest BCUT2D eigenvalue weighted by molar-refractivity contribution is 9.10. The molecule has 0 fully saturated rings. The smallest absolute Gasteiger partial charge is 0.335 e. The number of carboxylic acids is 1. The fraction of sp³-hybridized carbons (Fsp3) is 0.500. The van der Waals surface area contributed by atoms with Crippen LogP contribution in [0.3, 0.4) is 0 Å². The maximum atomic E-state index is 11.0. The van der Waals surface area contributed by atoms with Gasteiger partial charge in [-0.25, -0.2) is 4.79 Å². The molecule has 1 aromatic carbocycles. The van der Waals surface area contributed by atoms with Crippen molar-refractivity contribution in [3.05, 3.63) is 22.2 Å². The molecule has 106 valence electrons. The van der Waals surface area contributed by atoms with E-state index in [0.717, 1.165) is 6.42 Å². The van der Waals surface area contributed by atoms with Crippen molar-refractivity contribution in [2.75, 3.05) is 13.2 Å². The van der Waals surface area contributed by atoms with Crippen LogP contribution in [0.1, 0.15) is 37.6 Å². The third kappa shape index (κ3) is 4.74. The average Bonchev–Trinajstić information content (AvgIpc) is 2.31. The van der Waals surface area contributed by atoms with Crippen LogP contribution in [0, 0.1) is 5.92 Å². The highest BCUT2D eigenvalue weighted by Crippen LogP contribution is 2.37. The number of carbonyl (C=O) groups is 1. The Balaban J connectivity index is 2.97. The van der Waals surface area contributed by atoms with Gasteiger partial charge in [0.2, 0.25) is 0 Å². The summed E-state index contributed by atoms with van der Waals surface area (Å²) in [6.45, 7) is 7.11. The largest absolute Gasteiger partial charge is 0.490 e. The van der Waals surface area contributed by atoms with E-state index in [9.17, 15) is 4.79 Å². The van der Waals surface area contributed by atoms with E-state index in [4.69, 9.17) is 14.6 Å². The van der Waals surface area contributed by atoms with E-state index in [1.807, 2.05) is 6.92 Å². The quantitative estimate of drug-likeness (QED) is 0.821. The monoisotopic (exact) mass is 330 g/mol. The van der Waals surface area contributed by atoms with E-state index < -0.39 is 5.97 Å². The van der Waals surface area contributed by atoms with E-state index in [-0.39, 0.29) is 5.56 Å². The lowest BCUT2D eigenvalue weighted by Crippen LogP contribution is -2.06. The minimum absolute atomic E-state index is 0.173. The van der Waals surface area contributed by atoms with Crippen molar-refractivity contribution < 1.29 is 19.4 Å². The SMILES string of the molecule is CCOc1cc(C(=O)O)cc(Br)c1OCCC(C)C. The number of halogens is 1. The van der Waals surface area contributed by atoms with E-state index in [2.05, 4.69) is 29.8 Å². The maximum absolute atomic E-state index is 11.0. The minimum atomic E-state index is -0.990. The Labute approximate surface area is 121 Å². The van der Waals surface area contributed by atoms with Gasteiger partial charge in [-0.05, 0) is 47.3 Å². The topological polar surface area (TPSA) is 55.8 Å². The van der Waals surface area contributed by atoms with Gasteiger partial charge in [-0.3, -0.25) is 0 Å². The first-order valence-corrected chi connectivity index (χ1v) is 7.07. The molecule has 0 saturated carbocycles. The fourth-order valence-corrected chi connectivity index (χ4v) is 2.05. The molecule has 1 rings (SSSR count). The van der Waals surface area contributed by atoms with Crippen molar-refractivity contribution in [2.24, 2.45) is 5.92 Å². The summed E-state index contributed by atoms with van der Waals surface area (Å²) in [5.41, 5.74) is 0.173. The molecule has 0 aliphatic rings. The molecule has 0 radical (unpaired) electrons. The molecule has 0 aliphatic carbocycles. The zero-order valence-electron chi connectivity index (χ0n) is 11.4. The van der Waals surface area contributed by atoms with Crippen LogP contribution >= 0.6 is 15.9 Å². The first-order chi connectivity index (χ1) is 8.95. The van der Waals surface area contributed by atoms with Gasteiger partial charge in [0.15, 0.2) is 11.5 Å². The van der Waals surface area contributed by atoms with Crippen LogP contribution in [-0.2, 0) is 0 Å². The Hall–Kier alpha value is -1.23. The van der Waals surface area contributed by atoms with Gasteiger partial charge < -0.3 is 14.6 Å². The normalized spacial score (nSPS) is 10.6. The highest BCUT2D eigenvalue weighted by Gasteiger charge is 2.15. The molecular formula is C14H19BrO4. The van der Waals surface area contributed by atoms with Gasteiger partial charge >= 0.3 is 5.97 Å². The van der Waals surface area contributed by atoms with Crippen molar-refractivity contribution in [3.8, 4) is 11.5 Å². The molecule has 0 aromatic heterocycles. The summed E-state index contributed by atoms with van der Waals surface area (Å²) in [4.78, 5) is 11.0. The third-order valence-electron chi connectivity index (χ3n) is 2.50. The first kappa shape index (κ1) is 15.8. The molecule has 0 bridgehead atoms. The van der Waals surface area contributed by atoms with Crippen LogP contribution in [0.2, 0.25) is 0 Å². The summed E-state index contributed by atoms with van der Waals surface area (Å²) in [5.74, 6) is 0.577. The zero-order valence-corrected chi connectivity index (χ0v) is 13.0.